The second kappa shape index (κ2) is 11.5. The predicted molar refractivity (Wildman–Crippen MR) is 166 cm³/mol. The van der Waals surface area contributed by atoms with E-state index in [0.717, 1.165) is 0 Å². The lowest BCUT2D eigenvalue weighted by atomic mass is 9.99. The van der Waals surface area contributed by atoms with Crippen LogP contribution >= 0.6 is 0 Å². The standard InChI is InChI=1S/C34H24N2O9/c1-19-27-11-9-25(17-31(27)44-33(37)29(19)15-21-5-3-7-23(13-21)35(39)40)43-26-10-12-28-20(2)30(34(38)45-32(28)18-26)16-22-6-4-8-24(14-22)36(41)42/h3-14,17-18H,15-16H2,1-2H3. The van der Waals surface area contributed by atoms with Crippen LogP contribution in [-0.2, 0) is 12.8 Å². The Morgan fingerprint density at radius 2 is 1.04 bits per heavy atom. The van der Waals surface area contributed by atoms with Crippen LogP contribution < -0.4 is 16.0 Å². The normalized spacial score (nSPS) is 11.2. The molecule has 0 bridgehead atoms. The van der Waals surface area contributed by atoms with Gasteiger partial charge in [-0.3, -0.25) is 20.2 Å². The summed E-state index contributed by atoms with van der Waals surface area (Å²) < 4.78 is 17.3. The van der Waals surface area contributed by atoms with E-state index in [-0.39, 0.29) is 24.2 Å². The van der Waals surface area contributed by atoms with Gasteiger partial charge in [0.1, 0.15) is 22.7 Å². The summed E-state index contributed by atoms with van der Waals surface area (Å²) in [5, 5.41) is 23.7. The molecule has 0 saturated heterocycles. The number of hydrogen-bond acceptors (Lipinski definition) is 9. The van der Waals surface area contributed by atoms with E-state index in [0.29, 0.717) is 66.8 Å². The minimum atomic E-state index is -0.549. The summed E-state index contributed by atoms with van der Waals surface area (Å²) in [6, 6.07) is 22.4. The Kier molecular flexibility index (Phi) is 7.43. The number of nitrogens with zero attached hydrogens (tertiary/aromatic N) is 2. The Bertz CT molecular complexity index is 2120. The van der Waals surface area contributed by atoms with Gasteiger partial charge in [-0.05, 0) is 60.4 Å². The van der Waals surface area contributed by atoms with Crippen molar-refractivity contribution in [2.24, 2.45) is 0 Å². The maximum Gasteiger partial charge on any atom is 0.340 e. The van der Waals surface area contributed by atoms with Crippen LogP contribution in [0, 0.1) is 34.1 Å². The van der Waals surface area contributed by atoms with Crippen molar-refractivity contribution >= 4 is 33.3 Å². The molecule has 0 aliphatic heterocycles. The summed E-state index contributed by atoms with van der Waals surface area (Å²) in [4.78, 5) is 47.2. The summed E-state index contributed by atoms with van der Waals surface area (Å²) in [7, 11) is 0. The van der Waals surface area contributed by atoms with Crippen LogP contribution in [0.3, 0.4) is 0 Å². The second-order valence-corrected chi connectivity index (χ2v) is 10.6. The number of hydrogen-bond donors (Lipinski definition) is 0. The second-order valence-electron chi connectivity index (χ2n) is 10.6. The van der Waals surface area contributed by atoms with E-state index in [1.807, 2.05) is 0 Å². The average Bonchev–Trinajstić information content (AvgIpc) is 3.01. The summed E-state index contributed by atoms with van der Waals surface area (Å²) in [5.41, 5.74) is 2.86. The van der Waals surface area contributed by atoms with E-state index in [2.05, 4.69) is 0 Å². The van der Waals surface area contributed by atoms with Crippen LogP contribution in [0.15, 0.2) is 103 Å². The first-order valence-corrected chi connectivity index (χ1v) is 13.8. The van der Waals surface area contributed by atoms with E-state index in [4.69, 9.17) is 13.6 Å². The van der Waals surface area contributed by atoms with Crippen molar-refractivity contribution in [3.63, 3.8) is 0 Å². The maximum atomic E-state index is 12.9. The number of nitro groups is 2. The van der Waals surface area contributed by atoms with Crippen molar-refractivity contribution in [2.45, 2.75) is 26.7 Å². The van der Waals surface area contributed by atoms with Crippen molar-refractivity contribution in [1.82, 2.24) is 0 Å². The van der Waals surface area contributed by atoms with Crippen molar-refractivity contribution in [3.05, 3.63) is 159 Å². The fraction of sp³-hybridized carbons (Fsp3) is 0.118. The Morgan fingerprint density at radius 1 is 0.622 bits per heavy atom. The molecule has 0 unspecified atom stereocenters. The number of benzene rings is 4. The lowest BCUT2D eigenvalue weighted by molar-refractivity contribution is -0.385. The van der Waals surface area contributed by atoms with E-state index < -0.39 is 21.1 Å². The third kappa shape index (κ3) is 5.78. The van der Waals surface area contributed by atoms with Crippen molar-refractivity contribution in [2.75, 3.05) is 0 Å². The van der Waals surface area contributed by atoms with Gasteiger partial charge < -0.3 is 13.6 Å². The van der Waals surface area contributed by atoms with Crippen molar-refractivity contribution < 1.29 is 23.4 Å². The van der Waals surface area contributed by atoms with Gasteiger partial charge in [-0.2, -0.15) is 0 Å². The predicted octanol–water partition coefficient (Wildman–Crippen LogP) is 7.31. The molecule has 2 aromatic heterocycles. The van der Waals surface area contributed by atoms with Gasteiger partial charge in [0.2, 0.25) is 0 Å². The molecule has 11 nitrogen and oxygen atoms in total. The maximum absolute atomic E-state index is 12.9. The number of nitro benzene ring substituents is 2. The zero-order valence-corrected chi connectivity index (χ0v) is 24.1. The molecule has 224 valence electrons. The first-order chi connectivity index (χ1) is 21.6. The quantitative estimate of drug-likeness (QED) is 0.0987. The van der Waals surface area contributed by atoms with Crippen LogP contribution in [0.2, 0.25) is 0 Å². The molecule has 0 saturated carbocycles. The topological polar surface area (TPSA) is 156 Å². The Morgan fingerprint density at radius 3 is 1.44 bits per heavy atom. The molecular formula is C34H24N2O9. The average molecular weight is 605 g/mol. The molecule has 2 heterocycles. The van der Waals surface area contributed by atoms with Gasteiger partial charge in [0, 0.05) is 71.1 Å². The molecule has 0 aliphatic rings. The highest BCUT2D eigenvalue weighted by Crippen LogP contribution is 2.31. The van der Waals surface area contributed by atoms with Crippen molar-refractivity contribution in [3.8, 4) is 11.5 Å². The molecule has 0 fully saturated rings. The summed E-state index contributed by atoms with van der Waals surface area (Å²) in [6.45, 7) is 3.60. The molecule has 0 amide bonds. The van der Waals surface area contributed by atoms with E-state index in [1.54, 1.807) is 74.5 Å². The van der Waals surface area contributed by atoms with Gasteiger partial charge in [0.05, 0.1) is 9.85 Å². The van der Waals surface area contributed by atoms with Gasteiger partial charge in [-0.1, -0.05) is 24.3 Å². The highest BCUT2D eigenvalue weighted by atomic mass is 16.6. The van der Waals surface area contributed by atoms with Crippen LogP contribution in [0.4, 0.5) is 11.4 Å². The summed E-state index contributed by atoms with van der Waals surface area (Å²) in [6.07, 6.45) is 0.359. The number of aryl methyl sites for hydroxylation is 2. The van der Waals surface area contributed by atoms with Crippen LogP contribution in [0.25, 0.3) is 21.9 Å². The van der Waals surface area contributed by atoms with E-state index >= 15 is 0 Å². The summed E-state index contributed by atoms with van der Waals surface area (Å²) >= 11 is 0. The van der Waals surface area contributed by atoms with E-state index in [1.165, 1.54) is 24.3 Å². The van der Waals surface area contributed by atoms with Crippen molar-refractivity contribution in [1.29, 1.82) is 0 Å². The molecule has 0 radical (unpaired) electrons. The molecule has 0 N–H and O–H groups in total. The first kappa shape index (κ1) is 29.0. The zero-order valence-electron chi connectivity index (χ0n) is 24.1. The van der Waals surface area contributed by atoms with Gasteiger partial charge in [-0.15, -0.1) is 0 Å². The molecule has 6 aromatic rings. The molecule has 45 heavy (non-hydrogen) atoms. The minimum absolute atomic E-state index is 0.0545. The van der Waals surface area contributed by atoms with Crippen LogP contribution in [-0.4, -0.2) is 9.85 Å². The molecular weight excluding hydrogens is 580 g/mol. The molecule has 0 spiro atoms. The Hall–Kier alpha value is -6.10. The minimum Gasteiger partial charge on any atom is -0.457 e. The smallest absolute Gasteiger partial charge is 0.340 e. The van der Waals surface area contributed by atoms with Gasteiger partial charge in [0.25, 0.3) is 11.4 Å². The van der Waals surface area contributed by atoms with Gasteiger partial charge in [-0.25, -0.2) is 9.59 Å². The first-order valence-electron chi connectivity index (χ1n) is 13.8. The van der Waals surface area contributed by atoms with Gasteiger partial charge in [0.15, 0.2) is 0 Å². The fourth-order valence-corrected chi connectivity index (χ4v) is 5.39. The monoisotopic (exact) mass is 604 g/mol. The number of fused-ring (bicyclic) bond motifs is 2. The highest BCUT2D eigenvalue weighted by molar-refractivity contribution is 5.84. The van der Waals surface area contributed by atoms with Gasteiger partial charge >= 0.3 is 11.3 Å². The third-order valence-electron chi connectivity index (χ3n) is 7.76. The van der Waals surface area contributed by atoms with E-state index in [9.17, 15) is 29.8 Å². The molecule has 0 aliphatic carbocycles. The number of ether oxygens (including phenoxy) is 1. The Balaban J connectivity index is 1.27. The zero-order chi connectivity index (χ0) is 31.8. The SMILES string of the molecule is Cc1c(Cc2cccc([N+](=O)[O-])c2)c(=O)oc2cc(Oc3ccc4c(C)c(Cc5cccc([N+](=O)[O-])c5)c(=O)oc4c3)ccc12. The molecule has 11 heteroatoms. The number of non-ortho nitro benzene ring substituents is 2. The Labute approximate surface area is 254 Å². The fourth-order valence-electron chi connectivity index (χ4n) is 5.39. The van der Waals surface area contributed by atoms with Crippen LogP contribution in [0.5, 0.6) is 11.5 Å². The molecule has 0 atom stereocenters. The lowest BCUT2D eigenvalue weighted by Crippen LogP contribution is -2.11. The highest BCUT2D eigenvalue weighted by Gasteiger charge is 2.17. The lowest BCUT2D eigenvalue weighted by Gasteiger charge is -2.12. The molecule has 6 rings (SSSR count). The third-order valence-corrected chi connectivity index (χ3v) is 7.76. The summed E-state index contributed by atoms with van der Waals surface area (Å²) in [5.74, 6) is 0.773. The largest absolute Gasteiger partial charge is 0.457 e. The molecule has 4 aromatic carbocycles. The van der Waals surface area contributed by atoms with Crippen LogP contribution in [0.1, 0.15) is 33.4 Å². The number of rotatable bonds is 8.